The van der Waals surface area contributed by atoms with Gasteiger partial charge in [-0.2, -0.15) is 5.10 Å². The van der Waals surface area contributed by atoms with Crippen LogP contribution >= 0.6 is 0 Å². The van der Waals surface area contributed by atoms with E-state index in [0.717, 1.165) is 13.0 Å². The summed E-state index contributed by atoms with van der Waals surface area (Å²) in [7, 11) is 0. The molecular weight excluding hydrogens is 234 g/mol. The number of carboxylic acids is 1. The van der Waals surface area contributed by atoms with Gasteiger partial charge in [0.05, 0.1) is 11.8 Å². The Kier molecular flexibility index (Phi) is 3.64. The molecule has 1 aliphatic carbocycles. The zero-order valence-electron chi connectivity index (χ0n) is 10.3. The van der Waals surface area contributed by atoms with Crippen molar-refractivity contribution >= 4 is 17.7 Å². The predicted molar refractivity (Wildman–Crippen MR) is 65.0 cm³/mol. The van der Waals surface area contributed by atoms with Crippen molar-refractivity contribution in [1.29, 1.82) is 0 Å². The van der Waals surface area contributed by atoms with Crippen LogP contribution in [0.25, 0.3) is 0 Å². The maximum Gasteiger partial charge on any atom is 0.307 e. The molecule has 0 aromatic carbocycles. The van der Waals surface area contributed by atoms with Crippen LogP contribution in [0, 0.1) is 11.8 Å². The highest BCUT2D eigenvalue weighted by Gasteiger charge is 2.37. The van der Waals surface area contributed by atoms with E-state index in [0.29, 0.717) is 18.7 Å². The number of nitrogens with zero attached hydrogens (tertiary/aromatic N) is 2. The molecule has 2 N–H and O–H groups in total. The second-order valence-corrected chi connectivity index (χ2v) is 4.53. The lowest BCUT2D eigenvalue weighted by Crippen LogP contribution is -2.30. The Morgan fingerprint density at radius 2 is 2.22 bits per heavy atom. The molecule has 0 radical (unpaired) electrons. The number of hydrogen-bond acceptors (Lipinski definition) is 3. The van der Waals surface area contributed by atoms with Crippen molar-refractivity contribution in [2.75, 3.05) is 5.32 Å². The van der Waals surface area contributed by atoms with Gasteiger partial charge in [-0.1, -0.05) is 6.42 Å². The van der Waals surface area contributed by atoms with Gasteiger partial charge < -0.3 is 10.4 Å². The zero-order chi connectivity index (χ0) is 13.1. The first-order valence-electron chi connectivity index (χ1n) is 6.19. The Morgan fingerprint density at radius 1 is 1.50 bits per heavy atom. The summed E-state index contributed by atoms with van der Waals surface area (Å²) in [6.07, 6.45) is 3.78. The molecule has 2 unspecified atom stereocenters. The summed E-state index contributed by atoms with van der Waals surface area (Å²) in [6, 6.07) is 1.71. The van der Waals surface area contributed by atoms with Gasteiger partial charge in [-0.05, 0) is 19.8 Å². The monoisotopic (exact) mass is 251 g/mol. The van der Waals surface area contributed by atoms with Gasteiger partial charge >= 0.3 is 5.97 Å². The first-order chi connectivity index (χ1) is 8.61. The summed E-state index contributed by atoms with van der Waals surface area (Å²) in [4.78, 5) is 23.0. The normalized spacial score (nSPS) is 22.9. The molecule has 0 spiro atoms. The summed E-state index contributed by atoms with van der Waals surface area (Å²) in [5.41, 5.74) is 0. The molecule has 2 rings (SSSR count). The molecule has 2 atom stereocenters. The fraction of sp³-hybridized carbons (Fsp3) is 0.583. The van der Waals surface area contributed by atoms with E-state index in [1.807, 2.05) is 6.92 Å². The van der Waals surface area contributed by atoms with E-state index in [4.69, 9.17) is 5.11 Å². The third kappa shape index (κ3) is 2.52. The number of aromatic nitrogens is 2. The van der Waals surface area contributed by atoms with E-state index in [1.54, 1.807) is 16.9 Å². The van der Waals surface area contributed by atoms with E-state index in [9.17, 15) is 9.59 Å². The van der Waals surface area contributed by atoms with Gasteiger partial charge in [-0.25, -0.2) is 0 Å². The van der Waals surface area contributed by atoms with E-state index in [1.165, 1.54) is 0 Å². The number of rotatable bonds is 4. The first-order valence-corrected chi connectivity index (χ1v) is 6.19. The number of anilines is 1. The molecule has 0 saturated heterocycles. The molecule has 0 aliphatic heterocycles. The van der Waals surface area contributed by atoms with E-state index in [-0.39, 0.29) is 5.91 Å². The quantitative estimate of drug-likeness (QED) is 0.845. The highest BCUT2D eigenvalue weighted by Crippen LogP contribution is 2.32. The number of amides is 1. The minimum absolute atomic E-state index is 0.235. The summed E-state index contributed by atoms with van der Waals surface area (Å²) < 4.78 is 1.71. The molecule has 1 aromatic heterocycles. The fourth-order valence-electron chi connectivity index (χ4n) is 2.39. The number of carboxylic acid groups (broad SMARTS) is 1. The van der Waals surface area contributed by atoms with Crippen LogP contribution in [0.15, 0.2) is 12.3 Å². The maximum absolute atomic E-state index is 12.0. The molecule has 6 heteroatoms. The van der Waals surface area contributed by atoms with Crippen LogP contribution in [-0.2, 0) is 16.1 Å². The molecule has 1 amide bonds. The van der Waals surface area contributed by atoms with Gasteiger partial charge in [-0.15, -0.1) is 0 Å². The molecule has 1 heterocycles. The lowest BCUT2D eigenvalue weighted by Gasteiger charge is -2.14. The van der Waals surface area contributed by atoms with Crippen LogP contribution in [-0.4, -0.2) is 26.8 Å². The second-order valence-electron chi connectivity index (χ2n) is 4.53. The summed E-state index contributed by atoms with van der Waals surface area (Å²) in [5, 5.41) is 15.9. The second kappa shape index (κ2) is 5.20. The summed E-state index contributed by atoms with van der Waals surface area (Å²) in [5.74, 6) is -1.63. The van der Waals surface area contributed by atoms with Crippen LogP contribution in [0.2, 0.25) is 0 Å². The number of hydrogen-bond donors (Lipinski definition) is 2. The number of carbonyl (C=O) groups excluding carboxylic acids is 1. The van der Waals surface area contributed by atoms with Crippen LogP contribution in [0.4, 0.5) is 5.82 Å². The highest BCUT2D eigenvalue weighted by atomic mass is 16.4. The zero-order valence-corrected chi connectivity index (χ0v) is 10.3. The Hall–Kier alpha value is -1.85. The molecule has 98 valence electrons. The van der Waals surface area contributed by atoms with Gasteiger partial charge in [0.15, 0.2) is 5.82 Å². The third-order valence-corrected chi connectivity index (χ3v) is 3.39. The van der Waals surface area contributed by atoms with Crippen molar-refractivity contribution < 1.29 is 14.7 Å². The summed E-state index contributed by atoms with van der Waals surface area (Å²) >= 11 is 0. The number of nitrogens with one attached hydrogen (secondary N) is 1. The van der Waals surface area contributed by atoms with Crippen LogP contribution in [0.3, 0.4) is 0 Å². The smallest absolute Gasteiger partial charge is 0.307 e. The Morgan fingerprint density at radius 3 is 2.83 bits per heavy atom. The van der Waals surface area contributed by atoms with Crippen LogP contribution < -0.4 is 5.32 Å². The molecule has 1 aliphatic rings. The standard InChI is InChI=1S/C12H17N3O3/c1-2-15-7-6-10(14-15)13-11(16)8-4-3-5-9(8)12(17)18/h6-9H,2-5H2,1H3,(H,17,18)(H,13,14,16). The summed E-state index contributed by atoms with van der Waals surface area (Å²) in [6.45, 7) is 2.69. The van der Waals surface area contributed by atoms with Crippen molar-refractivity contribution in [2.24, 2.45) is 11.8 Å². The molecule has 18 heavy (non-hydrogen) atoms. The third-order valence-electron chi connectivity index (χ3n) is 3.39. The largest absolute Gasteiger partial charge is 0.481 e. The van der Waals surface area contributed by atoms with Crippen LogP contribution in [0.1, 0.15) is 26.2 Å². The highest BCUT2D eigenvalue weighted by molar-refractivity contribution is 5.94. The van der Waals surface area contributed by atoms with E-state index < -0.39 is 17.8 Å². The van der Waals surface area contributed by atoms with Gasteiger partial charge in [0.2, 0.25) is 5.91 Å². The average Bonchev–Trinajstić information content (AvgIpc) is 2.96. The van der Waals surface area contributed by atoms with Crippen molar-refractivity contribution in [3.8, 4) is 0 Å². The SMILES string of the molecule is CCn1ccc(NC(=O)C2CCCC2C(=O)O)n1. The topological polar surface area (TPSA) is 84.2 Å². The minimum Gasteiger partial charge on any atom is -0.481 e. The Balaban J connectivity index is 2.01. The van der Waals surface area contributed by atoms with Gasteiger partial charge in [0.1, 0.15) is 0 Å². The Bertz CT molecular complexity index is 455. The number of aliphatic carboxylic acids is 1. The van der Waals surface area contributed by atoms with Crippen molar-refractivity contribution in [2.45, 2.75) is 32.7 Å². The Labute approximate surface area is 105 Å². The first kappa shape index (κ1) is 12.6. The predicted octanol–water partition coefficient (Wildman–Crippen LogP) is 1.34. The fourth-order valence-corrected chi connectivity index (χ4v) is 2.39. The van der Waals surface area contributed by atoms with Crippen molar-refractivity contribution in [1.82, 2.24) is 9.78 Å². The van der Waals surface area contributed by atoms with Crippen molar-refractivity contribution in [3.63, 3.8) is 0 Å². The molecule has 6 nitrogen and oxygen atoms in total. The molecule has 1 fully saturated rings. The van der Waals surface area contributed by atoms with Gasteiger partial charge in [0, 0.05) is 18.8 Å². The lowest BCUT2D eigenvalue weighted by atomic mass is 9.95. The molecular formula is C12H17N3O3. The van der Waals surface area contributed by atoms with E-state index in [2.05, 4.69) is 10.4 Å². The van der Waals surface area contributed by atoms with Gasteiger partial charge in [0.25, 0.3) is 0 Å². The number of carbonyl (C=O) groups is 2. The molecule has 0 bridgehead atoms. The number of aryl methyl sites for hydroxylation is 1. The van der Waals surface area contributed by atoms with Crippen LogP contribution in [0.5, 0.6) is 0 Å². The average molecular weight is 251 g/mol. The maximum atomic E-state index is 12.0. The molecule has 1 saturated carbocycles. The molecule has 1 aromatic rings. The van der Waals surface area contributed by atoms with E-state index >= 15 is 0 Å². The minimum atomic E-state index is -0.883. The van der Waals surface area contributed by atoms with Crippen molar-refractivity contribution in [3.05, 3.63) is 12.3 Å². The lowest BCUT2D eigenvalue weighted by molar-refractivity contribution is -0.145. The van der Waals surface area contributed by atoms with Gasteiger partial charge in [-0.3, -0.25) is 14.3 Å².